The molecule has 0 radical (unpaired) electrons. The molecule has 0 aliphatic carbocycles. The lowest BCUT2D eigenvalue weighted by atomic mass is 9.96. The number of aromatic nitrogens is 1. The number of carbonyl (C=O) groups is 1. The maximum Gasteiger partial charge on any atom is 0.244 e. The Labute approximate surface area is 146 Å². The molecule has 0 spiro atoms. The van der Waals surface area contributed by atoms with Gasteiger partial charge in [0.2, 0.25) is 11.8 Å². The van der Waals surface area contributed by atoms with E-state index in [0.29, 0.717) is 24.4 Å². The molecular formula is C20H20N2O3. The highest BCUT2D eigenvalue weighted by atomic mass is 16.3. The lowest BCUT2D eigenvalue weighted by Gasteiger charge is -2.16. The van der Waals surface area contributed by atoms with Crippen LogP contribution in [0.15, 0.2) is 65.1 Å². The van der Waals surface area contributed by atoms with Crippen molar-refractivity contribution in [1.29, 1.82) is 0 Å². The predicted molar refractivity (Wildman–Crippen MR) is 96.9 cm³/mol. The molecule has 1 aromatic heterocycles. The summed E-state index contributed by atoms with van der Waals surface area (Å²) in [5, 5.41) is 12.1. The predicted octanol–water partition coefficient (Wildman–Crippen LogP) is 3.12. The Morgan fingerprint density at radius 1 is 1.16 bits per heavy atom. The van der Waals surface area contributed by atoms with E-state index >= 15 is 0 Å². The number of oxazole rings is 1. The molecule has 128 valence electrons. The van der Waals surface area contributed by atoms with Crippen molar-refractivity contribution in [3.63, 3.8) is 0 Å². The Morgan fingerprint density at radius 3 is 2.68 bits per heavy atom. The van der Waals surface area contributed by atoms with E-state index in [1.165, 1.54) is 6.08 Å². The highest BCUT2D eigenvalue weighted by molar-refractivity contribution is 5.91. The molecule has 5 nitrogen and oxygen atoms in total. The van der Waals surface area contributed by atoms with Gasteiger partial charge in [0.25, 0.3) is 0 Å². The van der Waals surface area contributed by atoms with E-state index in [-0.39, 0.29) is 18.4 Å². The zero-order chi connectivity index (χ0) is 17.5. The number of aliphatic hydroxyl groups is 1. The Morgan fingerprint density at radius 2 is 1.92 bits per heavy atom. The number of carbonyl (C=O) groups excluding carboxylic acids is 1. The van der Waals surface area contributed by atoms with Gasteiger partial charge in [-0.25, -0.2) is 4.98 Å². The second-order valence-corrected chi connectivity index (χ2v) is 5.72. The van der Waals surface area contributed by atoms with E-state index in [1.807, 2.05) is 54.6 Å². The number of aliphatic hydroxyl groups excluding tert-OH is 1. The van der Waals surface area contributed by atoms with Crippen LogP contribution in [0.4, 0.5) is 0 Å². The van der Waals surface area contributed by atoms with Crippen molar-refractivity contribution in [3.8, 4) is 0 Å². The quantitative estimate of drug-likeness (QED) is 0.650. The van der Waals surface area contributed by atoms with Crippen molar-refractivity contribution in [2.45, 2.75) is 12.3 Å². The van der Waals surface area contributed by atoms with Crippen LogP contribution < -0.4 is 5.32 Å². The summed E-state index contributed by atoms with van der Waals surface area (Å²) < 4.78 is 5.54. The van der Waals surface area contributed by atoms with E-state index in [4.69, 9.17) is 4.42 Å². The molecule has 25 heavy (non-hydrogen) atoms. The molecule has 1 atom stereocenters. The summed E-state index contributed by atoms with van der Waals surface area (Å²) in [5.41, 5.74) is 2.55. The maximum absolute atomic E-state index is 12.0. The Kier molecular flexibility index (Phi) is 5.59. The number of nitrogens with one attached hydrogen (secondary N) is 1. The highest BCUT2D eigenvalue weighted by Crippen LogP contribution is 2.18. The van der Waals surface area contributed by atoms with Crippen LogP contribution >= 0.6 is 0 Å². The lowest BCUT2D eigenvalue weighted by molar-refractivity contribution is -0.116. The Bertz CT molecular complexity index is 823. The third kappa shape index (κ3) is 4.55. The number of benzene rings is 2. The molecule has 3 rings (SSSR count). The number of hydrogen-bond acceptors (Lipinski definition) is 4. The molecular weight excluding hydrogens is 316 g/mol. The molecule has 0 aliphatic heterocycles. The zero-order valence-corrected chi connectivity index (χ0v) is 13.8. The summed E-state index contributed by atoms with van der Waals surface area (Å²) in [6.45, 7) is 0.537. The fourth-order valence-corrected chi connectivity index (χ4v) is 2.66. The smallest absolute Gasteiger partial charge is 0.244 e. The molecule has 3 aromatic rings. The van der Waals surface area contributed by atoms with Crippen molar-refractivity contribution in [3.05, 3.63) is 72.1 Å². The van der Waals surface area contributed by atoms with Gasteiger partial charge in [-0.05, 0) is 24.1 Å². The van der Waals surface area contributed by atoms with Crippen LogP contribution in [0.25, 0.3) is 17.2 Å². The van der Waals surface area contributed by atoms with Gasteiger partial charge in [0.15, 0.2) is 5.58 Å². The molecule has 0 bridgehead atoms. The number of nitrogens with zero attached hydrogens (tertiary/aromatic N) is 1. The Hall–Kier alpha value is -2.92. The van der Waals surface area contributed by atoms with Crippen molar-refractivity contribution in [2.24, 2.45) is 0 Å². The van der Waals surface area contributed by atoms with E-state index < -0.39 is 0 Å². The van der Waals surface area contributed by atoms with Crippen LogP contribution in [-0.2, 0) is 4.79 Å². The molecule has 2 N–H and O–H groups in total. The van der Waals surface area contributed by atoms with E-state index in [9.17, 15) is 9.90 Å². The maximum atomic E-state index is 12.0. The van der Waals surface area contributed by atoms with Crippen LogP contribution in [0.3, 0.4) is 0 Å². The molecule has 0 fully saturated rings. The van der Waals surface area contributed by atoms with Gasteiger partial charge >= 0.3 is 0 Å². The minimum atomic E-state index is -0.221. The fraction of sp³-hybridized carbons (Fsp3) is 0.200. The summed E-state index contributed by atoms with van der Waals surface area (Å²) in [4.78, 5) is 16.3. The van der Waals surface area contributed by atoms with Crippen LogP contribution in [-0.4, -0.2) is 29.1 Å². The second-order valence-electron chi connectivity index (χ2n) is 5.72. The van der Waals surface area contributed by atoms with Crippen LogP contribution in [0.2, 0.25) is 0 Å². The van der Waals surface area contributed by atoms with Gasteiger partial charge in [-0.3, -0.25) is 4.79 Å². The molecule has 1 amide bonds. The molecule has 0 saturated carbocycles. The summed E-state index contributed by atoms with van der Waals surface area (Å²) in [5.74, 6) is 0.250. The monoisotopic (exact) mass is 336 g/mol. The molecule has 0 saturated heterocycles. The number of para-hydroxylation sites is 2. The number of rotatable bonds is 7. The largest absolute Gasteiger partial charge is 0.437 e. The van der Waals surface area contributed by atoms with E-state index in [1.54, 1.807) is 6.08 Å². The van der Waals surface area contributed by atoms with Crippen molar-refractivity contribution in [1.82, 2.24) is 10.3 Å². The third-order valence-corrected chi connectivity index (χ3v) is 3.96. The van der Waals surface area contributed by atoms with Crippen molar-refractivity contribution < 1.29 is 14.3 Å². The first-order chi connectivity index (χ1) is 12.3. The standard InChI is InChI=1S/C20H20N2O3/c23-13-12-16(15-6-2-1-3-7-15)14-21-19(24)10-11-20-22-17-8-4-5-9-18(17)25-20/h1-11,16,23H,12-14H2,(H,21,24)/b11-10+. The first-order valence-corrected chi connectivity index (χ1v) is 8.23. The molecule has 1 unspecified atom stereocenters. The van der Waals surface area contributed by atoms with Gasteiger partial charge in [-0.2, -0.15) is 0 Å². The number of hydrogen-bond donors (Lipinski definition) is 2. The number of fused-ring (bicyclic) bond motifs is 1. The minimum Gasteiger partial charge on any atom is -0.437 e. The van der Waals surface area contributed by atoms with Crippen molar-refractivity contribution in [2.75, 3.05) is 13.2 Å². The first-order valence-electron chi connectivity index (χ1n) is 8.23. The average molecular weight is 336 g/mol. The van der Waals surface area contributed by atoms with Crippen LogP contribution in [0.1, 0.15) is 23.8 Å². The van der Waals surface area contributed by atoms with Crippen LogP contribution in [0, 0.1) is 0 Å². The average Bonchev–Trinajstić information content (AvgIpc) is 3.07. The fourth-order valence-electron chi connectivity index (χ4n) is 2.66. The third-order valence-electron chi connectivity index (χ3n) is 3.96. The van der Waals surface area contributed by atoms with Crippen LogP contribution in [0.5, 0.6) is 0 Å². The van der Waals surface area contributed by atoms with Crippen molar-refractivity contribution >= 4 is 23.1 Å². The van der Waals surface area contributed by atoms with Gasteiger partial charge in [0.05, 0.1) is 0 Å². The molecule has 5 heteroatoms. The topological polar surface area (TPSA) is 75.4 Å². The molecule has 2 aromatic carbocycles. The van der Waals surface area contributed by atoms with Gasteiger partial charge in [-0.15, -0.1) is 0 Å². The van der Waals surface area contributed by atoms with Gasteiger partial charge < -0.3 is 14.8 Å². The molecule has 1 heterocycles. The van der Waals surface area contributed by atoms with E-state index in [2.05, 4.69) is 10.3 Å². The summed E-state index contributed by atoms with van der Waals surface area (Å²) in [6.07, 6.45) is 3.56. The second kappa shape index (κ2) is 8.26. The summed E-state index contributed by atoms with van der Waals surface area (Å²) >= 11 is 0. The van der Waals surface area contributed by atoms with Gasteiger partial charge in [0.1, 0.15) is 5.52 Å². The SMILES string of the molecule is O=C(/C=C/c1nc2ccccc2o1)NCC(CCO)c1ccccc1. The zero-order valence-electron chi connectivity index (χ0n) is 13.8. The normalized spacial score (nSPS) is 12.5. The summed E-state index contributed by atoms with van der Waals surface area (Å²) in [7, 11) is 0. The number of amides is 1. The Balaban J connectivity index is 1.59. The minimum absolute atomic E-state index is 0.0767. The summed E-state index contributed by atoms with van der Waals surface area (Å²) in [6, 6.07) is 17.3. The highest BCUT2D eigenvalue weighted by Gasteiger charge is 2.11. The van der Waals surface area contributed by atoms with Gasteiger partial charge in [0, 0.05) is 31.2 Å². The first kappa shape index (κ1) is 16.9. The molecule has 0 aliphatic rings. The van der Waals surface area contributed by atoms with E-state index in [0.717, 1.165) is 11.1 Å². The lowest BCUT2D eigenvalue weighted by Crippen LogP contribution is -2.27. The van der Waals surface area contributed by atoms with Gasteiger partial charge in [-0.1, -0.05) is 42.5 Å².